The van der Waals surface area contributed by atoms with Gasteiger partial charge in [-0.2, -0.15) is 0 Å². The second-order valence-electron chi connectivity index (χ2n) is 7.64. The average Bonchev–Trinajstić information content (AvgIpc) is 2.75. The molecule has 0 unspecified atom stereocenters. The van der Waals surface area contributed by atoms with Crippen molar-refractivity contribution in [1.82, 2.24) is 14.9 Å². The third kappa shape index (κ3) is 3.48. The highest BCUT2D eigenvalue weighted by molar-refractivity contribution is 5.53. The van der Waals surface area contributed by atoms with Gasteiger partial charge in [0.1, 0.15) is 0 Å². The third-order valence-corrected chi connectivity index (χ3v) is 5.86. The van der Waals surface area contributed by atoms with Crippen molar-refractivity contribution < 1.29 is 14.6 Å². The van der Waals surface area contributed by atoms with Gasteiger partial charge < -0.3 is 19.9 Å². The van der Waals surface area contributed by atoms with E-state index < -0.39 is 23.2 Å². The van der Waals surface area contributed by atoms with Crippen molar-refractivity contribution in [3.8, 4) is 23.1 Å². The zero-order valence-corrected chi connectivity index (χ0v) is 17.9. The molecule has 8 nitrogen and oxygen atoms in total. The van der Waals surface area contributed by atoms with Gasteiger partial charge in [-0.1, -0.05) is 6.07 Å². The maximum Gasteiger partial charge on any atom is 0.335 e. The number of H-pyrrole nitrogens is 1. The Balaban J connectivity index is 1.94. The SMILES string of the molecule is COc1cc2c(cc1OC)[C@@H](c1c(O)n(-c3ccc(C)c(C)c3)c(=O)[nH]c1=O)NCC2. The lowest BCUT2D eigenvalue weighted by Crippen LogP contribution is -2.38. The maximum atomic E-state index is 12.8. The molecule has 8 heteroatoms. The number of benzene rings is 2. The van der Waals surface area contributed by atoms with Gasteiger partial charge in [-0.05, 0) is 66.8 Å². The molecule has 0 saturated carbocycles. The lowest BCUT2D eigenvalue weighted by atomic mass is 9.90. The van der Waals surface area contributed by atoms with Crippen molar-refractivity contribution in [1.29, 1.82) is 0 Å². The highest BCUT2D eigenvalue weighted by atomic mass is 16.5. The Labute approximate surface area is 179 Å². The fraction of sp³-hybridized carbons (Fsp3) is 0.304. The molecule has 1 atom stereocenters. The number of hydrogen-bond donors (Lipinski definition) is 3. The first-order valence-electron chi connectivity index (χ1n) is 9.99. The van der Waals surface area contributed by atoms with Gasteiger partial charge in [0.15, 0.2) is 11.5 Å². The van der Waals surface area contributed by atoms with E-state index in [9.17, 15) is 14.7 Å². The first kappa shape index (κ1) is 20.7. The number of rotatable bonds is 4. The van der Waals surface area contributed by atoms with Crippen LogP contribution in [0.1, 0.15) is 33.9 Å². The van der Waals surface area contributed by atoms with Crippen LogP contribution in [-0.4, -0.2) is 35.4 Å². The summed E-state index contributed by atoms with van der Waals surface area (Å²) in [5.41, 5.74) is 3.01. The molecule has 2 heterocycles. The molecule has 0 saturated heterocycles. The van der Waals surface area contributed by atoms with Crippen LogP contribution in [0.25, 0.3) is 5.69 Å². The minimum atomic E-state index is -0.696. The van der Waals surface area contributed by atoms with Crippen molar-refractivity contribution in [2.24, 2.45) is 0 Å². The number of hydrogen-bond acceptors (Lipinski definition) is 6. The van der Waals surface area contributed by atoms with Crippen LogP contribution in [0.3, 0.4) is 0 Å². The van der Waals surface area contributed by atoms with Gasteiger partial charge in [0, 0.05) is 6.54 Å². The molecule has 3 N–H and O–H groups in total. The van der Waals surface area contributed by atoms with Crippen LogP contribution < -0.4 is 26.0 Å². The minimum absolute atomic E-state index is 0.0750. The van der Waals surface area contributed by atoms with Crippen LogP contribution in [0.5, 0.6) is 17.4 Å². The van der Waals surface area contributed by atoms with Crippen LogP contribution in [0, 0.1) is 13.8 Å². The lowest BCUT2D eigenvalue weighted by Gasteiger charge is -2.28. The van der Waals surface area contributed by atoms with E-state index in [4.69, 9.17) is 9.47 Å². The van der Waals surface area contributed by atoms with Crippen LogP contribution in [0.2, 0.25) is 0 Å². The van der Waals surface area contributed by atoms with E-state index in [-0.39, 0.29) is 5.56 Å². The number of nitrogens with zero attached hydrogens (tertiary/aromatic N) is 1. The summed E-state index contributed by atoms with van der Waals surface area (Å²) in [5.74, 6) is 0.727. The smallest absolute Gasteiger partial charge is 0.335 e. The van der Waals surface area contributed by atoms with Gasteiger partial charge in [0.25, 0.3) is 5.56 Å². The summed E-state index contributed by atoms with van der Waals surface area (Å²) >= 11 is 0. The molecule has 3 aromatic rings. The monoisotopic (exact) mass is 423 g/mol. The van der Waals surface area contributed by atoms with Crippen molar-refractivity contribution in [2.75, 3.05) is 20.8 Å². The average molecular weight is 423 g/mol. The highest BCUT2D eigenvalue weighted by Gasteiger charge is 2.30. The zero-order chi connectivity index (χ0) is 22.3. The first-order chi connectivity index (χ1) is 14.8. The number of methoxy groups -OCH3 is 2. The number of aromatic nitrogens is 2. The van der Waals surface area contributed by atoms with E-state index in [1.807, 2.05) is 26.0 Å². The standard InChI is InChI=1S/C23H25N3O5/c1-12-5-6-15(9-13(12)2)26-22(28)19(21(27)25-23(26)29)20-16-11-18(31-4)17(30-3)10-14(16)7-8-24-20/h5-6,9-11,20,24,28H,7-8H2,1-4H3,(H,25,27,29)/t20-/m0/s1. The summed E-state index contributed by atoms with van der Waals surface area (Å²) < 4.78 is 11.9. The van der Waals surface area contributed by atoms with Gasteiger partial charge in [-0.25, -0.2) is 9.36 Å². The van der Waals surface area contributed by atoms with E-state index in [2.05, 4.69) is 10.3 Å². The summed E-state index contributed by atoms with van der Waals surface area (Å²) in [6, 6.07) is 8.47. The van der Waals surface area contributed by atoms with Gasteiger partial charge in [-0.15, -0.1) is 0 Å². The molecule has 2 aromatic carbocycles. The minimum Gasteiger partial charge on any atom is -0.494 e. The molecule has 0 spiro atoms. The van der Waals surface area contributed by atoms with Crippen molar-refractivity contribution in [3.63, 3.8) is 0 Å². The first-order valence-corrected chi connectivity index (χ1v) is 9.99. The third-order valence-electron chi connectivity index (χ3n) is 5.86. The molecular formula is C23H25N3O5. The number of aryl methyl sites for hydroxylation is 2. The molecule has 1 aromatic heterocycles. The quantitative estimate of drug-likeness (QED) is 0.594. The van der Waals surface area contributed by atoms with Crippen molar-refractivity contribution >= 4 is 0 Å². The van der Waals surface area contributed by atoms with E-state index in [0.29, 0.717) is 23.7 Å². The lowest BCUT2D eigenvalue weighted by molar-refractivity contribution is 0.352. The molecular weight excluding hydrogens is 398 g/mol. The molecule has 31 heavy (non-hydrogen) atoms. The second kappa shape index (κ2) is 7.96. The van der Waals surface area contributed by atoms with Crippen LogP contribution >= 0.6 is 0 Å². The van der Waals surface area contributed by atoms with Gasteiger partial charge in [0.05, 0.1) is 31.5 Å². The van der Waals surface area contributed by atoms with Crippen LogP contribution in [0.15, 0.2) is 39.9 Å². The number of ether oxygens (including phenoxy) is 2. The Morgan fingerprint density at radius 2 is 1.74 bits per heavy atom. The Morgan fingerprint density at radius 1 is 1.03 bits per heavy atom. The number of fused-ring (bicyclic) bond motifs is 1. The van der Waals surface area contributed by atoms with Crippen molar-refractivity contribution in [2.45, 2.75) is 26.3 Å². The van der Waals surface area contributed by atoms with E-state index in [1.165, 1.54) is 0 Å². The highest BCUT2D eigenvalue weighted by Crippen LogP contribution is 2.38. The molecule has 1 aliphatic rings. The van der Waals surface area contributed by atoms with Gasteiger partial charge in [-0.3, -0.25) is 9.78 Å². The fourth-order valence-electron chi connectivity index (χ4n) is 4.04. The van der Waals surface area contributed by atoms with E-state index >= 15 is 0 Å². The second-order valence-corrected chi connectivity index (χ2v) is 7.64. The van der Waals surface area contributed by atoms with Crippen LogP contribution in [0.4, 0.5) is 0 Å². The molecule has 0 radical (unpaired) electrons. The van der Waals surface area contributed by atoms with E-state index in [1.54, 1.807) is 32.4 Å². The summed E-state index contributed by atoms with van der Waals surface area (Å²) in [7, 11) is 3.11. The predicted octanol–water partition coefficient (Wildman–Crippen LogP) is 2.10. The largest absolute Gasteiger partial charge is 0.494 e. The Kier molecular flexibility index (Phi) is 5.32. The Hall–Kier alpha value is -3.52. The molecule has 0 amide bonds. The maximum absolute atomic E-state index is 12.8. The Morgan fingerprint density at radius 3 is 2.42 bits per heavy atom. The summed E-state index contributed by atoms with van der Waals surface area (Å²) in [6.45, 7) is 4.48. The molecule has 0 aliphatic carbocycles. The van der Waals surface area contributed by atoms with Gasteiger partial charge in [0.2, 0.25) is 5.88 Å². The summed E-state index contributed by atoms with van der Waals surface area (Å²) in [5, 5.41) is 14.4. The fourth-order valence-corrected chi connectivity index (χ4v) is 4.04. The molecule has 0 bridgehead atoms. The molecule has 4 rings (SSSR count). The Bertz CT molecular complexity index is 1280. The molecule has 0 fully saturated rings. The predicted molar refractivity (Wildman–Crippen MR) is 117 cm³/mol. The summed E-state index contributed by atoms with van der Waals surface area (Å²) in [6.07, 6.45) is 0.724. The van der Waals surface area contributed by atoms with E-state index in [0.717, 1.165) is 33.2 Å². The van der Waals surface area contributed by atoms with Crippen molar-refractivity contribution in [3.05, 3.63) is 79.0 Å². The summed E-state index contributed by atoms with van der Waals surface area (Å²) in [4.78, 5) is 27.8. The molecule has 1 aliphatic heterocycles. The number of aromatic hydroxyl groups is 1. The number of aromatic amines is 1. The number of nitrogens with one attached hydrogen (secondary N) is 2. The van der Waals surface area contributed by atoms with Crippen LogP contribution in [-0.2, 0) is 6.42 Å². The zero-order valence-electron chi connectivity index (χ0n) is 17.9. The van der Waals surface area contributed by atoms with Gasteiger partial charge >= 0.3 is 5.69 Å². The normalized spacial score (nSPS) is 15.4. The topological polar surface area (TPSA) is 106 Å². The molecule has 162 valence electrons.